The highest BCUT2D eigenvalue weighted by molar-refractivity contribution is 7.89. The van der Waals surface area contributed by atoms with Crippen molar-refractivity contribution < 1.29 is 22.5 Å². The zero-order chi connectivity index (χ0) is 19.6. The maximum atomic E-state index is 12.8. The van der Waals surface area contributed by atoms with Crippen molar-refractivity contribution >= 4 is 15.9 Å². The van der Waals surface area contributed by atoms with Gasteiger partial charge in [0.25, 0.3) is 5.91 Å². The summed E-state index contributed by atoms with van der Waals surface area (Å²) >= 11 is 0. The topological polar surface area (TPSA) is 93.0 Å². The monoisotopic (exact) mass is 393 g/mol. The first-order chi connectivity index (χ1) is 12.8. The van der Waals surface area contributed by atoms with E-state index < -0.39 is 10.0 Å². The van der Waals surface area contributed by atoms with Gasteiger partial charge in [-0.3, -0.25) is 4.79 Å². The van der Waals surface area contributed by atoms with E-state index in [1.165, 1.54) is 4.31 Å². The van der Waals surface area contributed by atoms with Gasteiger partial charge in [-0.25, -0.2) is 8.42 Å². The van der Waals surface area contributed by atoms with Gasteiger partial charge in [0.2, 0.25) is 10.0 Å². The van der Waals surface area contributed by atoms with Crippen LogP contribution in [0.3, 0.4) is 0 Å². The molecule has 1 aromatic heterocycles. The molecule has 1 aliphatic rings. The van der Waals surface area contributed by atoms with Crippen LogP contribution >= 0.6 is 0 Å². The van der Waals surface area contributed by atoms with Gasteiger partial charge in [-0.15, -0.1) is 0 Å². The molecule has 0 spiro atoms. The summed E-state index contributed by atoms with van der Waals surface area (Å²) in [5, 5.41) is 3.72. The number of carbonyl (C=O) groups is 1. The third kappa shape index (κ3) is 4.14. The Labute approximate surface area is 158 Å². The average molecular weight is 393 g/mol. The maximum Gasteiger partial charge on any atom is 0.260 e. The van der Waals surface area contributed by atoms with Crippen molar-refractivity contribution in [1.29, 1.82) is 0 Å². The Balaban J connectivity index is 1.56. The number of ether oxygens (including phenoxy) is 1. The Morgan fingerprint density at radius 1 is 1.11 bits per heavy atom. The zero-order valence-corrected chi connectivity index (χ0v) is 16.5. The van der Waals surface area contributed by atoms with E-state index in [1.807, 2.05) is 31.2 Å². The second-order valence-electron chi connectivity index (χ2n) is 6.54. The van der Waals surface area contributed by atoms with E-state index in [1.54, 1.807) is 18.7 Å². The molecule has 0 radical (unpaired) electrons. The number of benzene rings is 1. The van der Waals surface area contributed by atoms with Gasteiger partial charge < -0.3 is 14.2 Å². The lowest BCUT2D eigenvalue weighted by Crippen LogP contribution is -2.51. The molecule has 1 aromatic carbocycles. The van der Waals surface area contributed by atoms with Crippen LogP contribution in [0.25, 0.3) is 0 Å². The number of nitrogens with zero attached hydrogens (tertiary/aromatic N) is 3. The van der Waals surface area contributed by atoms with E-state index in [0.29, 0.717) is 24.5 Å². The molecule has 0 saturated carbocycles. The Hall–Kier alpha value is -2.39. The summed E-state index contributed by atoms with van der Waals surface area (Å²) in [5.41, 5.74) is 1.46. The molecule has 0 aliphatic carbocycles. The standard InChI is InChI=1S/C18H23N3O5S/c1-13-4-6-16(7-5-13)25-12-17(22)20-8-10-21(11-9-20)27(23,24)18-14(2)19-26-15(18)3/h4-7H,8-12H2,1-3H3. The number of piperazine rings is 1. The number of rotatable bonds is 5. The van der Waals surface area contributed by atoms with Crippen LogP contribution in [0.5, 0.6) is 5.75 Å². The Kier molecular flexibility index (Phi) is 5.52. The number of carbonyl (C=O) groups excluding carboxylic acids is 1. The molecule has 2 heterocycles. The fraction of sp³-hybridized carbons (Fsp3) is 0.444. The second-order valence-corrected chi connectivity index (χ2v) is 8.41. The van der Waals surface area contributed by atoms with Crippen molar-refractivity contribution in [3.8, 4) is 5.75 Å². The van der Waals surface area contributed by atoms with Crippen LogP contribution in [0.4, 0.5) is 0 Å². The van der Waals surface area contributed by atoms with Crippen LogP contribution in [0.15, 0.2) is 33.7 Å². The first-order valence-corrected chi connectivity index (χ1v) is 10.1. The molecule has 0 unspecified atom stereocenters. The summed E-state index contributed by atoms with van der Waals surface area (Å²) in [6, 6.07) is 7.46. The number of hydrogen-bond donors (Lipinski definition) is 0. The normalized spacial score (nSPS) is 15.7. The second kappa shape index (κ2) is 7.69. The molecule has 146 valence electrons. The van der Waals surface area contributed by atoms with E-state index in [2.05, 4.69) is 5.16 Å². The van der Waals surface area contributed by atoms with Gasteiger partial charge in [-0.2, -0.15) is 4.31 Å². The smallest absolute Gasteiger partial charge is 0.260 e. The molecule has 9 heteroatoms. The van der Waals surface area contributed by atoms with Crippen molar-refractivity contribution in [3.05, 3.63) is 41.3 Å². The van der Waals surface area contributed by atoms with E-state index in [4.69, 9.17) is 9.26 Å². The molecule has 0 bridgehead atoms. The maximum absolute atomic E-state index is 12.8. The lowest BCUT2D eigenvalue weighted by atomic mass is 10.2. The quantitative estimate of drug-likeness (QED) is 0.765. The Bertz CT molecular complexity index is 893. The molecule has 2 aromatic rings. The summed E-state index contributed by atoms with van der Waals surface area (Å²) in [5.74, 6) is 0.746. The number of aryl methyl sites for hydroxylation is 3. The summed E-state index contributed by atoms with van der Waals surface area (Å²) in [4.78, 5) is 14.1. The summed E-state index contributed by atoms with van der Waals surface area (Å²) in [6.07, 6.45) is 0. The molecule has 27 heavy (non-hydrogen) atoms. The van der Waals surface area contributed by atoms with Gasteiger partial charge >= 0.3 is 0 Å². The van der Waals surface area contributed by atoms with Crippen LogP contribution in [0, 0.1) is 20.8 Å². The number of aromatic nitrogens is 1. The number of amides is 1. The van der Waals surface area contributed by atoms with Crippen molar-refractivity contribution in [3.63, 3.8) is 0 Å². The minimum atomic E-state index is -3.68. The summed E-state index contributed by atoms with van der Waals surface area (Å²) < 4.78 is 37.5. The molecule has 1 fully saturated rings. The van der Waals surface area contributed by atoms with E-state index >= 15 is 0 Å². The third-order valence-corrected chi connectivity index (χ3v) is 6.68. The minimum Gasteiger partial charge on any atom is -0.484 e. The highest BCUT2D eigenvalue weighted by atomic mass is 32.2. The summed E-state index contributed by atoms with van der Waals surface area (Å²) in [7, 11) is -3.68. The van der Waals surface area contributed by atoms with Gasteiger partial charge in [0, 0.05) is 26.2 Å². The highest BCUT2D eigenvalue weighted by Crippen LogP contribution is 2.24. The van der Waals surface area contributed by atoms with E-state index in [-0.39, 0.29) is 36.3 Å². The highest BCUT2D eigenvalue weighted by Gasteiger charge is 2.34. The first kappa shape index (κ1) is 19.4. The molecule has 1 amide bonds. The molecular formula is C18H23N3O5S. The zero-order valence-electron chi connectivity index (χ0n) is 15.6. The first-order valence-electron chi connectivity index (χ1n) is 8.69. The van der Waals surface area contributed by atoms with Crippen LogP contribution in [-0.2, 0) is 14.8 Å². The van der Waals surface area contributed by atoms with Crippen molar-refractivity contribution in [2.45, 2.75) is 25.7 Å². The third-order valence-electron chi connectivity index (χ3n) is 4.54. The minimum absolute atomic E-state index is 0.0698. The Morgan fingerprint density at radius 2 is 1.74 bits per heavy atom. The van der Waals surface area contributed by atoms with Crippen LogP contribution in [0.2, 0.25) is 0 Å². The van der Waals surface area contributed by atoms with E-state index in [0.717, 1.165) is 5.56 Å². The van der Waals surface area contributed by atoms with Gasteiger partial charge in [-0.1, -0.05) is 22.9 Å². The van der Waals surface area contributed by atoms with Crippen LogP contribution < -0.4 is 4.74 Å². The van der Waals surface area contributed by atoms with Crippen molar-refractivity contribution in [2.75, 3.05) is 32.8 Å². The lowest BCUT2D eigenvalue weighted by Gasteiger charge is -2.33. The van der Waals surface area contributed by atoms with E-state index in [9.17, 15) is 13.2 Å². The van der Waals surface area contributed by atoms with Crippen molar-refractivity contribution in [2.24, 2.45) is 0 Å². The fourth-order valence-electron chi connectivity index (χ4n) is 3.02. The lowest BCUT2D eigenvalue weighted by molar-refractivity contribution is -0.134. The van der Waals surface area contributed by atoms with Gasteiger partial charge in [-0.05, 0) is 32.9 Å². The predicted octanol–water partition coefficient (Wildman–Crippen LogP) is 1.51. The molecule has 3 rings (SSSR count). The van der Waals surface area contributed by atoms with Crippen molar-refractivity contribution in [1.82, 2.24) is 14.4 Å². The molecule has 0 N–H and O–H groups in total. The molecule has 1 aliphatic heterocycles. The summed E-state index contributed by atoms with van der Waals surface area (Å²) in [6.45, 7) is 6.17. The largest absolute Gasteiger partial charge is 0.484 e. The van der Waals surface area contributed by atoms with Gasteiger partial charge in [0.15, 0.2) is 12.4 Å². The SMILES string of the molecule is Cc1ccc(OCC(=O)N2CCN(S(=O)(=O)c3c(C)noc3C)CC2)cc1. The number of hydrogen-bond acceptors (Lipinski definition) is 6. The fourth-order valence-corrected chi connectivity index (χ4v) is 4.73. The van der Waals surface area contributed by atoms with Gasteiger partial charge in [0.1, 0.15) is 16.3 Å². The molecule has 8 nitrogen and oxygen atoms in total. The van der Waals surface area contributed by atoms with Gasteiger partial charge in [0.05, 0.1) is 0 Å². The molecule has 0 atom stereocenters. The molecule has 1 saturated heterocycles. The average Bonchev–Trinajstić information content (AvgIpc) is 3.00. The van der Waals surface area contributed by atoms with Crippen LogP contribution in [0.1, 0.15) is 17.0 Å². The Morgan fingerprint density at radius 3 is 2.30 bits per heavy atom. The van der Waals surface area contributed by atoms with Crippen LogP contribution in [-0.4, -0.2) is 61.5 Å². The number of sulfonamides is 1. The predicted molar refractivity (Wildman–Crippen MR) is 98.0 cm³/mol. The molecular weight excluding hydrogens is 370 g/mol.